The Kier molecular flexibility index (Phi) is 7.33. The lowest BCUT2D eigenvalue weighted by atomic mass is 9.98. The molecule has 1 aliphatic carbocycles. The van der Waals surface area contributed by atoms with Crippen molar-refractivity contribution in [2.24, 2.45) is 0 Å². The molecule has 35 heavy (non-hydrogen) atoms. The second-order valence-corrected chi connectivity index (χ2v) is 8.93. The van der Waals surface area contributed by atoms with Gasteiger partial charge in [0.15, 0.2) is 0 Å². The molecule has 0 saturated carbocycles. The van der Waals surface area contributed by atoms with Gasteiger partial charge in [0, 0.05) is 31.5 Å². The number of piperazine rings is 1. The molecule has 1 heterocycles. The molecule has 1 atom stereocenters. The van der Waals surface area contributed by atoms with Gasteiger partial charge >= 0.3 is 12.1 Å². The number of alkyl carbamates (subject to hydrolysis) is 1. The molecule has 2 aromatic carbocycles. The summed E-state index contributed by atoms with van der Waals surface area (Å²) in [6, 6.07) is 15.9. The van der Waals surface area contributed by atoms with Crippen LogP contribution in [-0.2, 0) is 19.1 Å². The van der Waals surface area contributed by atoms with Crippen LogP contribution in [-0.4, -0.2) is 77.6 Å². The van der Waals surface area contributed by atoms with E-state index in [-0.39, 0.29) is 56.4 Å². The van der Waals surface area contributed by atoms with Crippen molar-refractivity contribution in [2.75, 3.05) is 32.8 Å². The van der Waals surface area contributed by atoms with Crippen LogP contribution < -0.4 is 5.32 Å². The molecule has 1 fully saturated rings. The standard InChI is InChI=1S/C26H29N3O6/c1-17(10-11-23(30)28-12-13-29(15-25(32)33)24(31)14-28)27-26(34)35-16-22-20-8-4-2-6-18(20)19-7-3-5-9-21(19)22/h2-9,17,22H,10-16H2,1H3,(H,27,34)(H,32,33). The molecule has 2 aromatic rings. The van der Waals surface area contributed by atoms with Crippen LogP contribution in [0.5, 0.6) is 0 Å². The Labute approximate surface area is 203 Å². The average molecular weight is 480 g/mol. The monoisotopic (exact) mass is 479 g/mol. The zero-order chi connectivity index (χ0) is 24.9. The molecular formula is C26H29N3O6. The number of fused-ring (bicyclic) bond motifs is 3. The first kappa shape index (κ1) is 24.3. The summed E-state index contributed by atoms with van der Waals surface area (Å²) in [7, 11) is 0. The van der Waals surface area contributed by atoms with Crippen molar-refractivity contribution in [1.29, 1.82) is 0 Å². The van der Waals surface area contributed by atoms with Gasteiger partial charge in [-0.25, -0.2) is 4.79 Å². The predicted molar refractivity (Wildman–Crippen MR) is 128 cm³/mol. The first-order valence-electron chi connectivity index (χ1n) is 11.7. The number of hydrogen-bond donors (Lipinski definition) is 2. The second-order valence-electron chi connectivity index (χ2n) is 8.93. The third kappa shape index (κ3) is 5.62. The summed E-state index contributed by atoms with van der Waals surface area (Å²) >= 11 is 0. The summed E-state index contributed by atoms with van der Waals surface area (Å²) in [6.45, 7) is 2.03. The van der Waals surface area contributed by atoms with Crippen molar-refractivity contribution in [3.63, 3.8) is 0 Å². The fourth-order valence-electron chi connectivity index (χ4n) is 4.66. The summed E-state index contributed by atoms with van der Waals surface area (Å²) in [5.74, 6) is -1.68. The highest BCUT2D eigenvalue weighted by atomic mass is 16.5. The van der Waals surface area contributed by atoms with Crippen LogP contribution in [0, 0.1) is 0 Å². The van der Waals surface area contributed by atoms with E-state index in [1.165, 1.54) is 9.80 Å². The van der Waals surface area contributed by atoms with Gasteiger partial charge in [0.2, 0.25) is 11.8 Å². The number of amides is 3. The summed E-state index contributed by atoms with van der Waals surface area (Å²) in [4.78, 5) is 50.4. The molecule has 4 rings (SSSR count). The first-order valence-corrected chi connectivity index (χ1v) is 11.7. The Morgan fingerprint density at radius 3 is 2.29 bits per heavy atom. The van der Waals surface area contributed by atoms with Gasteiger partial charge in [-0.2, -0.15) is 0 Å². The third-order valence-electron chi connectivity index (χ3n) is 6.50. The van der Waals surface area contributed by atoms with E-state index in [1.54, 1.807) is 6.92 Å². The van der Waals surface area contributed by atoms with Gasteiger partial charge in [0.05, 0.1) is 6.54 Å². The van der Waals surface area contributed by atoms with Crippen LogP contribution in [0.4, 0.5) is 4.79 Å². The number of rotatable bonds is 8. The van der Waals surface area contributed by atoms with Gasteiger partial charge in [0.25, 0.3) is 0 Å². The molecule has 0 bridgehead atoms. The highest BCUT2D eigenvalue weighted by Crippen LogP contribution is 2.44. The number of benzene rings is 2. The zero-order valence-electron chi connectivity index (χ0n) is 19.6. The number of ether oxygens (including phenoxy) is 1. The van der Waals surface area contributed by atoms with Crippen molar-refractivity contribution in [1.82, 2.24) is 15.1 Å². The van der Waals surface area contributed by atoms with E-state index in [4.69, 9.17) is 9.84 Å². The molecule has 1 aliphatic heterocycles. The van der Waals surface area contributed by atoms with Crippen LogP contribution in [0.15, 0.2) is 48.5 Å². The molecule has 0 radical (unpaired) electrons. The molecule has 1 saturated heterocycles. The maximum atomic E-state index is 12.5. The van der Waals surface area contributed by atoms with Crippen molar-refractivity contribution in [3.05, 3.63) is 59.7 Å². The molecule has 9 nitrogen and oxygen atoms in total. The zero-order valence-corrected chi connectivity index (χ0v) is 19.6. The molecular weight excluding hydrogens is 450 g/mol. The summed E-state index contributed by atoms with van der Waals surface area (Å²) in [5.41, 5.74) is 4.59. The predicted octanol–water partition coefficient (Wildman–Crippen LogP) is 2.45. The SMILES string of the molecule is CC(CCC(=O)N1CCN(CC(=O)O)C(=O)C1)NC(=O)OCC1c2ccccc2-c2ccccc21. The van der Waals surface area contributed by atoms with Gasteiger partial charge in [-0.1, -0.05) is 48.5 Å². The molecule has 9 heteroatoms. The lowest BCUT2D eigenvalue weighted by Gasteiger charge is -2.33. The van der Waals surface area contributed by atoms with Gasteiger partial charge in [-0.3, -0.25) is 14.4 Å². The third-order valence-corrected chi connectivity index (χ3v) is 6.50. The Bertz CT molecular complexity index is 1090. The van der Waals surface area contributed by atoms with Crippen LogP contribution in [0.1, 0.15) is 36.8 Å². The highest BCUT2D eigenvalue weighted by Gasteiger charge is 2.30. The number of nitrogens with one attached hydrogen (secondary N) is 1. The average Bonchev–Trinajstić information content (AvgIpc) is 3.16. The number of carbonyl (C=O) groups is 4. The summed E-state index contributed by atoms with van der Waals surface area (Å²) < 4.78 is 5.55. The number of hydrogen-bond acceptors (Lipinski definition) is 5. The highest BCUT2D eigenvalue weighted by molar-refractivity contribution is 5.88. The second kappa shape index (κ2) is 10.6. The Morgan fingerprint density at radius 2 is 1.69 bits per heavy atom. The van der Waals surface area contributed by atoms with Gasteiger partial charge < -0.3 is 25.0 Å². The molecule has 0 aromatic heterocycles. The lowest BCUT2D eigenvalue weighted by Crippen LogP contribution is -2.53. The molecule has 0 spiro atoms. The number of carboxylic acid groups (broad SMARTS) is 1. The van der Waals surface area contributed by atoms with E-state index in [9.17, 15) is 19.2 Å². The van der Waals surface area contributed by atoms with Gasteiger partial charge in [-0.05, 0) is 35.6 Å². The van der Waals surface area contributed by atoms with E-state index in [0.29, 0.717) is 13.0 Å². The topological polar surface area (TPSA) is 116 Å². The minimum Gasteiger partial charge on any atom is -0.480 e. The first-order chi connectivity index (χ1) is 16.8. The minimum absolute atomic E-state index is 0.0256. The normalized spacial score (nSPS) is 15.9. The van der Waals surface area contributed by atoms with Crippen LogP contribution in [0.2, 0.25) is 0 Å². The number of carboxylic acids is 1. The van der Waals surface area contributed by atoms with Crippen molar-refractivity contribution >= 4 is 23.9 Å². The number of aliphatic carboxylic acids is 1. The Morgan fingerprint density at radius 1 is 1.06 bits per heavy atom. The molecule has 2 N–H and O–H groups in total. The van der Waals surface area contributed by atoms with Crippen LogP contribution >= 0.6 is 0 Å². The lowest BCUT2D eigenvalue weighted by molar-refractivity contribution is -0.150. The number of carbonyl (C=O) groups excluding carboxylic acids is 3. The smallest absolute Gasteiger partial charge is 0.407 e. The van der Waals surface area contributed by atoms with Crippen LogP contribution in [0.3, 0.4) is 0 Å². The van der Waals surface area contributed by atoms with Crippen LogP contribution in [0.25, 0.3) is 11.1 Å². The van der Waals surface area contributed by atoms with E-state index >= 15 is 0 Å². The van der Waals surface area contributed by atoms with Crippen molar-refractivity contribution in [3.8, 4) is 11.1 Å². The molecule has 1 unspecified atom stereocenters. The molecule has 3 amide bonds. The Hall–Kier alpha value is -3.88. The Balaban J connectivity index is 1.22. The number of nitrogens with zero attached hydrogens (tertiary/aromatic N) is 2. The van der Waals surface area contributed by atoms with Crippen molar-refractivity contribution in [2.45, 2.75) is 31.7 Å². The quantitative estimate of drug-likeness (QED) is 0.601. The van der Waals surface area contributed by atoms with E-state index in [0.717, 1.165) is 22.3 Å². The van der Waals surface area contributed by atoms with Crippen molar-refractivity contribution < 1.29 is 29.0 Å². The maximum Gasteiger partial charge on any atom is 0.407 e. The van der Waals surface area contributed by atoms with E-state index in [1.807, 2.05) is 24.3 Å². The van der Waals surface area contributed by atoms with E-state index < -0.39 is 12.1 Å². The fourth-order valence-corrected chi connectivity index (χ4v) is 4.66. The fraction of sp³-hybridized carbons (Fsp3) is 0.385. The summed E-state index contributed by atoms with van der Waals surface area (Å²) in [6.07, 6.45) is 0.0214. The molecule has 184 valence electrons. The summed E-state index contributed by atoms with van der Waals surface area (Å²) in [5, 5.41) is 11.6. The van der Waals surface area contributed by atoms with Gasteiger partial charge in [0.1, 0.15) is 13.2 Å². The largest absolute Gasteiger partial charge is 0.480 e. The minimum atomic E-state index is -1.08. The maximum absolute atomic E-state index is 12.5. The van der Waals surface area contributed by atoms with E-state index in [2.05, 4.69) is 29.6 Å². The molecule has 2 aliphatic rings. The van der Waals surface area contributed by atoms with Gasteiger partial charge in [-0.15, -0.1) is 0 Å².